The highest BCUT2D eigenvalue weighted by Crippen LogP contribution is 2.09. The fourth-order valence-electron chi connectivity index (χ4n) is 1.77. The van der Waals surface area contributed by atoms with Gasteiger partial charge in [-0.2, -0.15) is 0 Å². The number of nitrogens with two attached hydrogens (primary N) is 1. The van der Waals surface area contributed by atoms with Gasteiger partial charge in [0.05, 0.1) is 6.42 Å². The molecule has 1 amide bonds. The van der Waals surface area contributed by atoms with Gasteiger partial charge < -0.3 is 10.6 Å². The molecule has 3 nitrogen and oxygen atoms in total. The summed E-state index contributed by atoms with van der Waals surface area (Å²) in [4.78, 5) is 13.8. The lowest BCUT2D eigenvalue weighted by atomic mass is 10.1. The van der Waals surface area contributed by atoms with Gasteiger partial charge in [-0.1, -0.05) is 25.1 Å². The van der Waals surface area contributed by atoms with Crippen molar-refractivity contribution >= 4 is 5.91 Å². The van der Waals surface area contributed by atoms with Crippen LogP contribution in [0.1, 0.15) is 19.4 Å². The molecule has 0 heterocycles. The maximum Gasteiger partial charge on any atom is 0.227 e. The minimum absolute atomic E-state index is 0.0529. The molecule has 2 N–H and O–H groups in total. The summed E-state index contributed by atoms with van der Waals surface area (Å²) in [5, 5.41) is 0. The third-order valence-corrected chi connectivity index (χ3v) is 2.97. The number of hydrogen-bond donors (Lipinski definition) is 1. The predicted octanol–water partition coefficient (Wildman–Crippen LogP) is 1.81. The fourth-order valence-corrected chi connectivity index (χ4v) is 1.77. The highest BCUT2D eigenvalue weighted by Gasteiger charge is 2.16. The van der Waals surface area contributed by atoms with Gasteiger partial charge in [0.25, 0.3) is 0 Å². The van der Waals surface area contributed by atoms with Crippen molar-refractivity contribution in [3.8, 4) is 0 Å². The highest BCUT2D eigenvalue weighted by molar-refractivity contribution is 5.78. The molecule has 0 radical (unpaired) electrons. The number of carbonyl (C=O) groups is 1. The summed E-state index contributed by atoms with van der Waals surface area (Å²) in [5.74, 6) is -0.119. The normalized spacial score (nSPS) is 12.2. The van der Waals surface area contributed by atoms with Gasteiger partial charge in [-0.15, -0.1) is 0 Å². The summed E-state index contributed by atoms with van der Waals surface area (Å²) in [6.45, 7) is 5.71. The first-order valence-corrected chi connectivity index (χ1v) is 6.29. The fraction of sp³-hybridized carbons (Fsp3) is 0.500. The molecule has 18 heavy (non-hydrogen) atoms. The molecule has 1 unspecified atom stereocenters. The van der Waals surface area contributed by atoms with Crippen molar-refractivity contribution < 1.29 is 9.18 Å². The molecule has 1 aromatic carbocycles. The van der Waals surface area contributed by atoms with E-state index in [0.29, 0.717) is 25.2 Å². The first kappa shape index (κ1) is 14.6. The Balaban J connectivity index is 2.65. The van der Waals surface area contributed by atoms with Crippen LogP contribution in [0.2, 0.25) is 0 Å². The highest BCUT2D eigenvalue weighted by atomic mass is 19.1. The second kappa shape index (κ2) is 7.11. The van der Waals surface area contributed by atoms with E-state index in [1.54, 1.807) is 23.1 Å². The van der Waals surface area contributed by atoms with Crippen LogP contribution in [0, 0.1) is 11.7 Å². The van der Waals surface area contributed by atoms with E-state index in [0.717, 1.165) is 0 Å². The summed E-state index contributed by atoms with van der Waals surface area (Å²) >= 11 is 0. The maximum absolute atomic E-state index is 13.5. The van der Waals surface area contributed by atoms with Crippen LogP contribution < -0.4 is 5.73 Å². The molecule has 4 heteroatoms. The van der Waals surface area contributed by atoms with Crippen molar-refractivity contribution in [2.45, 2.75) is 20.3 Å². The number of halogens is 1. The van der Waals surface area contributed by atoms with Crippen molar-refractivity contribution in [2.24, 2.45) is 11.7 Å². The zero-order valence-corrected chi connectivity index (χ0v) is 11.0. The topological polar surface area (TPSA) is 46.3 Å². The van der Waals surface area contributed by atoms with Crippen LogP contribution in [0.15, 0.2) is 24.3 Å². The second-order valence-electron chi connectivity index (χ2n) is 4.54. The van der Waals surface area contributed by atoms with E-state index in [1.807, 2.05) is 13.8 Å². The van der Waals surface area contributed by atoms with Crippen LogP contribution in [0.25, 0.3) is 0 Å². The first-order valence-electron chi connectivity index (χ1n) is 6.29. The Labute approximate surface area is 108 Å². The van der Waals surface area contributed by atoms with Crippen molar-refractivity contribution in [1.82, 2.24) is 4.90 Å². The van der Waals surface area contributed by atoms with E-state index in [9.17, 15) is 9.18 Å². The van der Waals surface area contributed by atoms with Crippen LogP contribution in [0.4, 0.5) is 4.39 Å². The molecule has 1 atom stereocenters. The summed E-state index contributed by atoms with van der Waals surface area (Å²) in [6, 6.07) is 6.39. The minimum atomic E-state index is -0.325. The lowest BCUT2D eigenvalue weighted by Crippen LogP contribution is -2.37. The van der Waals surface area contributed by atoms with Crippen molar-refractivity contribution in [3.63, 3.8) is 0 Å². The van der Waals surface area contributed by atoms with E-state index in [2.05, 4.69) is 0 Å². The molecule has 0 aliphatic rings. The zero-order chi connectivity index (χ0) is 13.5. The molecular weight excluding hydrogens is 231 g/mol. The zero-order valence-electron chi connectivity index (χ0n) is 11.0. The van der Waals surface area contributed by atoms with Crippen molar-refractivity contribution in [3.05, 3.63) is 35.6 Å². The Morgan fingerprint density at radius 1 is 1.44 bits per heavy atom. The largest absolute Gasteiger partial charge is 0.342 e. The van der Waals surface area contributed by atoms with Gasteiger partial charge in [0, 0.05) is 13.1 Å². The number of carbonyl (C=O) groups excluding carboxylic acids is 1. The molecule has 0 aromatic heterocycles. The molecule has 0 fully saturated rings. The predicted molar refractivity (Wildman–Crippen MR) is 70.6 cm³/mol. The summed E-state index contributed by atoms with van der Waals surface area (Å²) in [7, 11) is 0. The van der Waals surface area contributed by atoms with Crippen LogP contribution >= 0.6 is 0 Å². The Kier molecular flexibility index (Phi) is 5.78. The van der Waals surface area contributed by atoms with E-state index in [4.69, 9.17) is 5.73 Å². The van der Waals surface area contributed by atoms with E-state index in [1.165, 1.54) is 6.07 Å². The molecule has 1 aromatic rings. The Morgan fingerprint density at radius 3 is 2.67 bits per heavy atom. The third kappa shape index (κ3) is 4.11. The van der Waals surface area contributed by atoms with Crippen LogP contribution in [-0.4, -0.2) is 30.4 Å². The molecule has 0 spiro atoms. The number of benzene rings is 1. The number of nitrogens with zero attached hydrogens (tertiary/aromatic N) is 1. The summed E-state index contributed by atoms with van der Waals surface area (Å²) in [6.07, 6.45) is 0.109. The SMILES string of the molecule is CCN(CC(C)CN)C(=O)Cc1ccccc1F. The average Bonchev–Trinajstić information content (AvgIpc) is 2.38. The number of hydrogen-bond acceptors (Lipinski definition) is 2. The standard InChI is InChI=1S/C14H21FN2O/c1-3-17(10-11(2)9-16)14(18)8-12-6-4-5-7-13(12)15/h4-7,11H,3,8-10,16H2,1-2H3. The third-order valence-electron chi connectivity index (χ3n) is 2.97. The quantitative estimate of drug-likeness (QED) is 0.839. The maximum atomic E-state index is 13.5. The molecule has 1 rings (SSSR count). The molecular formula is C14H21FN2O. The van der Waals surface area contributed by atoms with Gasteiger partial charge in [0.1, 0.15) is 5.82 Å². The molecule has 0 saturated carbocycles. The lowest BCUT2D eigenvalue weighted by Gasteiger charge is -2.24. The van der Waals surface area contributed by atoms with Crippen LogP contribution in [0.3, 0.4) is 0 Å². The number of rotatable bonds is 6. The van der Waals surface area contributed by atoms with E-state index >= 15 is 0 Å². The second-order valence-corrected chi connectivity index (χ2v) is 4.54. The average molecular weight is 252 g/mol. The van der Waals surface area contributed by atoms with Crippen molar-refractivity contribution in [2.75, 3.05) is 19.6 Å². The summed E-state index contributed by atoms with van der Waals surface area (Å²) in [5.41, 5.74) is 6.00. The monoisotopic (exact) mass is 252 g/mol. The Morgan fingerprint density at radius 2 is 2.11 bits per heavy atom. The van der Waals surface area contributed by atoms with E-state index in [-0.39, 0.29) is 24.1 Å². The van der Waals surface area contributed by atoms with Gasteiger partial charge in [-0.05, 0) is 31.0 Å². The molecule has 0 saturated heterocycles. The Bertz CT molecular complexity index is 395. The molecule has 100 valence electrons. The van der Waals surface area contributed by atoms with Crippen molar-refractivity contribution in [1.29, 1.82) is 0 Å². The first-order chi connectivity index (χ1) is 8.58. The van der Waals surface area contributed by atoms with Gasteiger partial charge >= 0.3 is 0 Å². The van der Waals surface area contributed by atoms with Crippen LogP contribution in [0.5, 0.6) is 0 Å². The van der Waals surface area contributed by atoms with Crippen LogP contribution in [-0.2, 0) is 11.2 Å². The smallest absolute Gasteiger partial charge is 0.227 e. The van der Waals surface area contributed by atoms with Gasteiger partial charge in [0.15, 0.2) is 0 Å². The van der Waals surface area contributed by atoms with Gasteiger partial charge in [0.2, 0.25) is 5.91 Å². The Hall–Kier alpha value is -1.42. The van der Waals surface area contributed by atoms with Gasteiger partial charge in [-0.3, -0.25) is 4.79 Å². The summed E-state index contributed by atoms with van der Waals surface area (Å²) < 4.78 is 13.5. The molecule has 0 bridgehead atoms. The van der Waals surface area contributed by atoms with Gasteiger partial charge in [-0.25, -0.2) is 4.39 Å². The lowest BCUT2D eigenvalue weighted by molar-refractivity contribution is -0.130. The molecule has 0 aliphatic heterocycles. The molecule has 0 aliphatic carbocycles. The number of amides is 1. The number of likely N-dealkylation sites (N-methyl/N-ethyl adjacent to an activating group) is 1. The minimum Gasteiger partial charge on any atom is -0.342 e. The van der Waals surface area contributed by atoms with E-state index < -0.39 is 0 Å².